The lowest BCUT2D eigenvalue weighted by Crippen LogP contribution is -2.36. The van der Waals surface area contributed by atoms with E-state index in [9.17, 15) is 0 Å². The van der Waals surface area contributed by atoms with Crippen LogP contribution >= 0.6 is 0 Å². The fourth-order valence-electron chi connectivity index (χ4n) is 5.82. The topological polar surface area (TPSA) is 47.1 Å². The van der Waals surface area contributed by atoms with Crippen LogP contribution in [-0.2, 0) is 6.54 Å². The maximum atomic E-state index is 6.39. The number of likely N-dealkylation sites (tertiary alicyclic amines) is 1. The Bertz CT molecular complexity index is 808. The van der Waals surface area contributed by atoms with E-state index in [-0.39, 0.29) is 12.8 Å². The molecule has 162 valence electrons. The number of hydrogen-bond acceptors (Lipinski definition) is 3. The van der Waals surface area contributed by atoms with Gasteiger partial charge >= 0.3 is 0 Å². The van der Waals surface area contributed by atoms with Crippen molar-refractivity contribution < 1.29 is 0 Å². The maximum absolute atomic E-state index is 6.39. The van der Waals surface area contributed by atoms with Gasteiger partial charge < -0.3 is 10.7 Å². The Morgan fingerprint density at radius 2 is 1.86 bits per heavy atom. The summed E-state index contributed by atoms with van der Waals surface area (Å²) < 4.78 is 1.77. The molecule has 1 aliphatic carbocycles. The third-order valence-corrected chi connectivity index (χ3v) is 7.07. The Balaban J connectivity index is 0.000000970. The molecule has 0 spiro atoms. The molecule has 0 amide bonds. The van der Waals surface area contributed by atoms with Gasteiger partial charge in [0, 0.05) is 17.2 Å². The summed E-state index contributed by atoms with van der Waals surface area (Å²) in [6.45, 7) is 14.1. The molecule has 1 saturated carbocycles. The predicted octanol–water partition coefficient (Wildman–Crippen LogP) is 6.50. The summed E-state index contributed by atoms with van der Waals surface area (Å²) in [7, 11) is 0. The summed E-state index contributed by atoms with van der Waals surface area (Å²) >= 11 is 0. The van der Waals surface area contributed by atoms with Crippen LogP contribution in [0.3, 0.4) is 0 Å². The largest absolute Gasteiger partial charge is 0.364 e. The predicted molar refractivity (Wildman–Crippen MR) is 126 cm³/mol. The third kappa shape index (κ3) is 3.78. The fraction of sp³-hybridized carbons (Fsp3) is 0.640. The minimum atomic E-state index is 0. The molecular weight excluding hydrogens is 356 g/mol. The number of nitrogens with two attached hydrogens (primary N) is 1. The molecule has 2 heterocycles. The minimum absolute atomic E-state index is 0. The normalized spacial score (nSPS) is 25.9. The monoisotopic (exact) mass is 398 g/mol. The number of benzene rings is 1. The van der Waals surface area contributed by atoms with Crippen molar-refractivity contribution in [2.24, 2.45) is 11.3 Å². The number of para-hydroxylation sites is 2. The first-order valence-corrected chi connectivity index (χ1v) is 11.3. The van der Waals surface area contributed by atoms with Gasteiger partial charge in [-0.25, -0.2) is 9.66 Å². The van der Waals surface area contributed by atoms with Crippen LogP contribution in [0.4, 0.5) is 0 Å². The van der Waals surface area contributed by atoms with Gasteiger partial charge in [-0.3, -0.25) is 0 Å². The second kappa shape index (κ2) is 9.69. The van der Waals surface area contributed by atoms with E-state index in [0.29, 0.717) is 6.04 Å². The third-order valence-electron chi connectivity index (χ3n) is 7.07. The smallest absolute Gasteiger partial charge is 0.147 e. The van der Waals surface area contributed by atoms with Crippen LogP contribution in [-0.4, -0.2) is 20.6 Å². The summed E-state index contributed by atoms with van der Waals surface area (Å²) in [4.78, 5) is 7.39. The molecule has 0 radical (unpaired) electrons. The van der Waals surface area contributed by atoms with Gasteiger partial charge in [0.1, 0.15) is 5.82 Å². The van der Waals surface area contributed by atoms with Gasteiger partial charge in [-0.2, -0.15) is 0 Å². The van der Waals surface area contributed by atoms with Crippen LogP contribution in [0.2, 0.25) is 0 Å². The van der Waals surface area contributed by atoms with Crippen molar-refractivity contribution in [3.05, 3.63) is 42.4 Å². The second-order valence-electron chi connectivity index (χ2n) is 8.18. The summed E-state index contributed by atoms with van der Waals surface area (Å²) in [5.74, 6) is 8.07. The van der Waals surface area contributed by atoms with E-state index < -0.39 is 0 Å². The van der Waals surface area contributed by atoms with Crippen LogP contribution in [0.5, 0.6) is 0 Å². The Morgan fingerprint density at radius 3 is 2.52 bits per heavy atom. The Kier molecular flexibility index (Phi) is 7.79. The van der Waals surface area contributed by atoms with Crippen molar-refractivity contribution in [2.45, 2.75) is 92.7 Å². The number of allylic oxidation sites excluding steroid dienone is 1. The van der Waals surface area contributed by atoms with Gasteiger partial charge in [-0.15, -0.1) is 0 Å². The highest BCUT2D eigenvalue weighted by molar-refractivity contribution is 5.75. The zero-order valence-electron chi connectivity index (χ0n) is 18.2. The zero-order valence-corrected chi connectivity index (χ0v) is 18.2. The molecule has 2 fully saturated rings. The molecule has 29 heavy (non-hydrogen) atoms. The Morgan fingerprint density at radius 1 is 1.17 bits per heavy atom. The van der Waals surface area contributed by atoms with Gasteiger partial charge in [0.05, 0.1) is 17.6 Å². The van der Waals surface area contributed by atoms with Crippen LogP contribution in [0.25, 0.3) is 11.0 Å². The Hall–Kier alpha value is -1.97. The highest BCUT2D eigenvalue weighted by Crippen LogP contribution is 2.57. The summed E-state index contributed by atoms with van der Waals surface area (Å²) in [6, 6.07) is 8.72. The molecule has 1 aromatic heterocycles. The van der Waals surface area contributed by atoms with E-state index in [1.54, 1.807) is 4.68 Å². The molecule has 1 aliphatic heterocycles. The Labute approximate surface area is 178 Å². The van der Waals surface area contributed by atoms with Crippen LogP contribution < -0.4 is 5.84 Å². The van der Waals surface area contributed by atoms with Gasteiger partial charge in [-0.1, -0.05) is 73.1 Å². The molecular formula is C25H42N4. The van der Waals surface area contributed by atoms with Gasteiger partial charge in [-0.05, 0) is 43.7 Å². The molecule has 2 N–H and O–H groups in total. The molecule has 4 nitrogen and oxygen atoms in total. The number of fused-ring (bicyclic) bond motifs is 2. The summed E-state index contributed by atoms with van der Waals surface area (Å²) in [5.41, 5.74) is 3.59. The van der Waals surface area contributed by atoms with Crippen molar-refractivity contribution in [2.75, 3.05) is 5.84 Å². The lowest BCUT2D eigenvalue weighted by Gasteiger charge is -2.38. The summed E-state index contributed by atoms with van der Waals surface area (Å²) in [5, 5.41) is 0. The van der Waals surface area contributed by atoms with E-state index in [0.717, 1.165) is 29.3 Å². The molecule has 1 saturated heterocycles. The summed E-state index contributed by atoms with van der Waals surface area (Å²) in [6.07, 6.45) is 8.97. The number of rotatable bonds is 5. The fourth-order valence-corrected chi connectivity index (χ4v) is 5.82. The highest BCUT2D eigenvalue weighted by atomic mass is 15.4. The average Bonchev–Trinajstić information content (AvgIpc) is 3.18. The number of hydrogen-bond donors (Lipinski definition) is 1. The van der Waals surface area contributed by atoms with Crippen molar-refractivity contribution in [1.29, 1.82) is 0 Å². The van der Waals surface area contributed by atoms with Crippen molar-refractivity contribution in [3.8, 4) is 0 Å². The lowest BCUT2D eigenvalue weighted by molar-refractivity contribution is 0.138. The standard InChI is InChI=1S/C22H32N4.C2H6.CH4/c1-4-14-22(5-2)16(3)25(19-12-8-6-10-17(19)22)15-21-24-18-11-7-9-13-20(18)26(21)23;1-2;/h7,9,11,13,17,19H,3-6,8,10,12,14-15,23H2,1-2H3;1-2H3;1H4. The number of imidazole rings is 1. The van der Waals surface area contributed by atoms with E-state index in [4.69, 9.17) is 10.8 Å². The average molecular weight is 399 g/mol. The number of aromatic nitrogens is 2. The zero-order chi connectivity index (χ0) is 20.3. The van der Waals surface area contributed by atoms with Crippen LogP contribution in [0, 0.1) is 11.3 Å². The van der Waals surface area contributed by atoms with Crippen LogP contribution in [0.15, 0.2) is 36.5 Å². The van der Waals surface area contributed by atoms with Crippen molar-refractivity contribution >= 4 is 11.0 Å². The SMILES string of the molecule is C.C=C1N(Cc2nc3ccccc3n2N)C2CCCCC2C1(CC)CCC.CC. The first-order chi connectivity index (χ1) is 13.6. The second-order valence-corrected chi connectivity index (χ2v) is 8.18. The molecule has 1 aromatic carbocycles. The number of nitrogen functional groups attached to an aromatic ring is 1. The lowest BCUT2D eigenvalue weighted by atomic mass is 9.65. The van der Waals surface area contributed by atoms with Crippen LogP contribution in [0.1, 0.15) is 85.9 Å². The molecule has 2 aliphatic rings. The van der Waals surface area contributed by atoms with Crippen molar-refractivity contribution in [1.82, 2.24) is 14.6 Å². The molecule has 3 atom stereocenters. The molecule has 2 aromatic rings. The minimum Gasteiger partial charge on any atom is -0.364 e. The first-order valence-electron chi connectivity index (χ1n) is 11.3. The van der Waals surface area contributed by atoms with Crippen molar-refractivity contribution in [3.63, 3.8) is 0 Å². The van der Waals surface area contributed by atoms with E-state index in [2.05, 4.69) is 25.3 Å². The molecule has 0 bridgehead atoms. The molecule has 4 heteroatoms. The molecule has 4 rings (SSSR count). The molecule has 3 unspecified atom stereocenters. The first kappa shape index (κ1) is 23.3. The number of nitrogens with zero attached hydrogens (tertiary/aromatic N) is 3. The van der Waals surface area contributed by atoms with E-state index in [1.807, 2.05) is 38.1 Å². The van der Waals surface area contributed by atoms with Gasteiger partial charge in [0.2, 0.25) is 0 Å². The van der Waals surface area contributed by atoms with Gasteiger partial charge in [0.25, 0.3) is 0 Å². The quantitative estimate of drug-likeness (QED) is 0.585. The van der Waals surface area contributed by atoms with E-state index in [1.165, 1.54) is 50.6 Å². The van der Waals surface area contributed by atoms with E-state index >= 15 is 0 Å². The highest BCUT2D eigenvalue weighted by Gasteiger charge is 2.53. The van der Waals surface area contributed by atoms with Gasteiger partial charge in [0.15, 0.2) is 0 Å². The maximum Gasteiger partial charge on any atom is 0.147 e.